The minimum absolute atomic E-state index is 0.238. The Morgan fingerprint density at radius 1 is 1.38 bits per heavy atom. The maximum atomic E-state index is 12.1. The highest BCUT2D eigenvalue weighted by Gasteiger charge is 2.30. The number of aryl methyl sites for hydroxylation is 1. The Morgan fingerprint density at radius 3 is 2.90 bits per heavy atom. The fourth-order valence-electron chi connectivity index (χ4n) is 2.65. The average molecular weight is 326 g/mol. The van der Waals surface area contributed by atoms with E-state index in [0.29, 0.717) is 30.2 Å². The van der Waals surface area contributed by atoms with Crippen LogP contribution in [0.25, 0.3) is 11.0 Å². The summed E-state index contributed by atoms with van der Waals surface area (Å²) in [4.78, 5) is 28.0. The number of imide groups is 1. The van der Waals surface area contributed by atoms with Crippen LogP contribution in [-0.4, -0.2) is 27.2 Å². The second kappa shape index (κ2) is 5.66. The third-order valence-electron chi connectivity index (χ3n) is 3.56. The number of nitrogens with zero attached hydrogens (tertiary/aromatic N) is 2. The van der Waals surface area contributed by atoms with Crippen LogP contribution in [0.3, 0.4) is 0 Å². The molecule has 0 saturated carbocycles. The van der Waals surface area contributed by atoms with E-state index in [1.807, 2.05) is 10.6 Å². The van der Waals surface area contributed by atoms with Crippen molar-refractivity contribution in [2.45, 2.75) is 25.3 Å². The van der Waals surface area contributed by atoms with E-state index in [4.69, 9.17) is 23.2 Å². The van der Waals surface area contributed by atoms with E-state index < -0.39 is 6.04 Å². The monoisotopic (exact) mass is 325 g/mol. The van der Waals surface area contributed by atoms with E-state index in [2.05, 4.69) is 10.3 Å². The van der Waals surface area contributed by atoms with E-state index in [9.17, 15) is 9.59 Å². The molecule has 0 aliphatic carbocycles. The molecule has 1 aliphatic rings. The number of benzene rings is 1. The molecule has 2 amide bonds. The molecule has 0 bridgehead atoms. The van der Waals surface area contributed by atoms with E-state index in [1.165, 1.54) is 0 Å². The molecule has 110 valence electrons. The third-order valence-corrected chi connectivity index (χ3v) is 3.99. The lowest BCUT2D eigenvalue weighted by Crippen LogP contribution is -2.42. The summed E-state index contributed by atoms with van der Waals surface area (Å²) < 4.78 is 1.85. The number of nitrogens with one attached hydrogen (secondary N) is 1. The summed E-state index contributed by atoms with van der Waals surface area (Å²) in [5, 5.41) is 2.95. The molecule has 21 heavy (non-hydrogen) atoms. The number of piperidine rings is 1. The molecule has 0 spiro atoms. The summed E-state index contributed by atoms with van der Waals surface area (Å²) in [6.45, 7) is 0. The minimum atomic E-state index is -0.454. The van der Waals surface area contributed by atoms with Crippen molar-refractivity contribution in [3.63, 3.8) is 0 Å². The van der Waals surface area contributed by atoms with Crippen LogP contribution >= 0.6 is 23.2 Å². The topological polar surface area (TPSA) is 64.0 Å². The molecule has 2 aromatic rings. The molecule has 1 aromatic heterocycles. The Labute approximate surface area is 131 Å². The first-order valence-corrected chi connectivity index (χ1v) is 7.57. The molecule has 3 rings (SSSR count). The summed E-state index contributed by atoms with van der Waals surface area (Å²) in [6.07, 6.45) is 1.32. The predicted molar refractivity (Wildman–Crippen MR) is 80.6 cm³/mol. The molecule has 1 aliphatic heterocycles. The summed E-state index contributed by atoms with van der Waals surface area (Å²) in [5.41, 5.74) is 1.56. The second-order valence-corrected chi connectivity index (χ2v) is 5.75. The van der Waals surface area contributed by atoms with Gasteiger partial charge in [-0.2, -0.15) is 0 Å². The largest absolute Gasteiger partial charge is 0.315 e. The fraction of sp³-hybridized carbons (Fsp3) is 0.357. The molecule has 1 atom stereocenters. The molecule has 0 radical (unpaired) electrons. The lowest BCUT2D eigenvalue weighted by molar-refractivity contribution is -0.135. The second-order valence-electron chi connectivity index (χ2n) is 4.94. The van der Waals surface area contributed by atoms with Crippen LogP contribution in [0, 0.1) is 0 Å². The number of amides is 2. The summed E-state index contributed by atoms with van der Waals surface area (Å²) in [5.74, 6) is 0.598. The SMILES string of the molecule is O=C1CCC(n2c(CCCl)nc3ccc(Cl)cc32)C(=O)N1. The molecule has 1 unspecified atom stereocenters. The van der Waals surface area contributed by atoms with Gasteiger partial charge >= 0.3 is 0 Å². The van der Waals surface area contributed by atoms with Gasteiger partial charge in [0.15, 0.2) is 0 Å². The average Bonchev–Trinajstić information content (AvgIpc) is 2.77. The van der Waals surface area contributed by atoms with Gasteiger partial charge in [0.1, 0.15) is 11.9 Å². The predicted octanol–water partition coefficient (Wildman–Crippen LogP) is 2.45. The summed E-state index contributed by atoms with van der Waals surface area (Å²) in [7, 11) is 0. The highest BCUT2D eigenvalue weighted by atomic mass is 35.5. The van der Waals surface area contributed by atoms with Gasteiger partial charge in [0.05, 0.1) is 11.0 Å². The van der Waals surface area contributed by atoms with Gasteiger partial charge in [-0.1, -0.05) is 11.6 Å². The lowest BCUT2D eigenvalue weighted by Gasteiger charge is -2.24. The zero-order valence-corrected chi connectivity index (χ0v) is 12.6. The zero-order valence-electron chi connectivity index (χ0n) is 11.1. The molecule has 1 saturated heterocycles. The van der Waals surface area contributed by atoms with Crippen molar-refractivity contribution in [2.75, 3.05) is 5.88 Å². The van der Waals surface area contributed by atoms with Crippen LogP contribution in [0.15, 0.2) is 18.2 Å². The van der Waals surface area contributed by atoms with Gasteiger partial charge in [-0.05, 0) is 24.6 Å². The molecule has 2 heterocycles. The van der Waals surface area contributed by atoms with E-state index >= 15 is 0 Å². The number of imidazole rings is 1. The Balaban J connectivity index is 2.14. The smallest absolute Gasteiger partial charge is 0.249 e. The van der Waals surface area contributed by atoms with Crippen LogP contribution < -0.4 is 5.32 Å². The molecular formula is C14H13Cl2N3O2. The van der Waals surface area contributed by atoms with Gasteiger partial charge < -0.3 is 4.57 Å². The Kier molecular flexibility index (Phi) is 3.87. The van der Waals surface area contributed by atoms with Crippen LogP contribution in [0.4, 0.5) is 0 Å². The van der Waals surface area contributed by atoms with Crippen molar-refractivity contribution in [3.8, 4) is 0 Å². The van der Waals surface area contributed by atoms with Crippen LogP contribution in [-0.2, 0) is 16.0 Å². The zero-order chi connectivity index (χ0) is 15.0. The minimum Gasteiger partial charge on any atom is -0.315 e. The number of carbonyl (C=O) groups is 2. The molecule has 1 N–H and O–H groups in total. The first-order valence-electron chi connectivity index (χ1n) is 6.66. The lowest BCUT2D eigenvalue weighted by atomic mass is 10.1. The van der Waals surface area contributed by atoms with Crippen molar-refractivity contribution in [3.05, 3.63) is 29.0 Å². The maximum Gasteiger partial charge on any atom is 0.249 e. The third kappa shape index (κ3) is 2.63. The van der Waals surface area contributed by atoms with Gasteiger partial charge in [0, 0.05) is 23.7 Å². The highest BCUT2D eigenvalue weighted by molar-refractivity contribution is 6.31. The standard InChI is InChI=1S/C14H13Cl2N3O2/c15-6-5-12-17-9-2-1-8(16)7-11(9)19(12)10-3-4-13(20)18-14(10)21/h1-2,7,10H,3-6H2,(H,18,20,21). The molecule has 7 heteroatoms. The number of halogens is 2. The van der Waals surface area contributed by atoms with Gasteiger partial charge in [0.25, 0.3) is 0 Å². The number of aromatic nitrogens is 2. The van der Waals surface area contributed by atoms with Crippen LogP contribution in [0.1, 0.15) is 24.7 Å². The molecular weight excluding hydrogens is 313 g/mol. The van der Waals surface area contributed by atoms with E-state index in [0.717, 1.165) is 16.9 Å². The first-order chi connectivity index (χ1) is 10.1. The van der Waals surface area contributed by atoms with E-state index in [1.54, 1.807) is 12.1 Å². The van der Waals surface area contributed by atoms with E-state index in [-0.39, 0.29) is 11.8 Å². The Morgan fingerprint density at radius 2 is 2.19 bits per heavy atom. The summed E-state index contributed by atoms with van der Waals surface area (Å²) in [6, 6.07) is 4.91. The molecule has 5 nitrogen and oxygen atoms in total. The van der Waals surface area contributed by atoms with Crippen molar-refractivity contribution in [2.24, 2.45) is 0 Å². The maximum absolute atomic E-state index is 12.1. The van der Waals surface area contributed by atoms with Gasteiger partial charge in [-0.3, -0.25) is 14.9 Å². The van der Waals surface area contributed by atoms with Crippen molar-refractivity contribution >= 4 is 46.0 Å². The normalized spacial score (nSPS) is 19.0. The van der Waals surface area contributed by atoms with Crippen molar-refractivity contribution in [1.82, 2.24) is 14.9 Å². The molecule has 1 aromatic carbocycles. The quantitative estimate of drug-likeness (QED) is 0.696. The summed E-state index contributed by atoms with van der Waals surface area (Å²) >= 11 is 11.9. The first kappa shape index (κ1) is 14.4. The number of rotatable bonds is 3. The van der Waals surface area contributed by atoms with Crippen molar-refractivity contribution < 1.29 is 9.59 Å². The number of carbonyl (C=O) groups excluding carboxylic acids is 2. The highest BCUT2D eigenvalue weighted by Crippen LogP contribution is 2.28. The van der Waals surface area contributed by atoms with Crippen LogP contribution in [0.2, 0.25) is 5.02 Å². The Bertz CT molecular complexity index is 726. The van der Waals surface area contributed by atoms with Gasteiger partial charge in [-0.25, -0.2) is 4.98 Å². The van der Waals surface area contributed by atoms with Crippen molar-refractivity contribution in [1.29, 1.82) is 0 Å². The number of hydrogen-bond acceptors (Lipinski definition) is 3. The number of alkyl halides is 1. The number of hydrogen-bond donors (Lipinski definition) is 1. The fourth-order valence-corrected chi connectivity index (χ4v) is 2.99. The number of fused-ring (bicyclic) bond motifs is 1. The Hall–Kier alpha value is -1.59. The van der Waals surface area contributed by atoms with Gasteiger partial charge in [0.2, 0.25) is 11.8 Å². The van der Waals surface area contributed by atoms with Crippen LogP contribution in [0.5, 0.6) is 0 Å². The van der Waals surface area contributed by atoms with Gasteiger partial charge in [-0.15, -0.1) is 11.6 Å². The molecule has 1 fully saturated rings.